The van der Waals surface area contributed by atoms with Gasteiger partial charge in [0.1, 0.15) is 5.75 Å². The molecule has 0 N–H and O–H groups in total. The second kappa shape index (κ2) is 8.48. The number of carbonyl (C=O) groups excluding carboxylic acids is 1. The number of hydrogen-bond donors (Lipinski definition) is 0. The van der Waals surface area contributed by atoms with Gasteiger partial charge in [0.2, 0.25) is 10.0 Å². The van der Waals surface area contributed by atoms with E-state index in [1.807, 2.05) is 17.0 Å². The lowest BCUT2D eigenvalue weighted by Crippen LogP contribution is -2.35. The summed E-state index contributed by atoms with van der Waals surface area (Å²) in [5.74, 6) is 0.640. The third kappa shape index (κ3) is 5.79. The SMILES string of the molecule is CN(Cc1ccc(OCC(=O)N2CCCCCC2)cc1)S(C)(=O)=O. The molecule has 6 nitrogen and oxygen atoms in total. The number of carbonyl (C=O) groups is 1. The van der Waals surface area contributed by atoms with E-state index in [-0.39, 0.29) is 12.5 Å². The molecule has 1 aliphatic rings. The molecule has 0 radical (unpaired) electrons. The van der Waals surface area contributed by atoms with Crippen LogP contribution in [0.25, 0.3) is 0 Å². The van der Waals surface area contributed by atoms with Gasteiger partial charge in [-0.2, -0.15) is 0 Å². The molecule has 0 saturated carbocycles. The zero-order valence-electron chi connectivity index (χ0n) is 14.4. The topological polar surface area (TPSA) is 66.9 Å². The van der Waals surface area contributed by atoms with Crippen LogP contribution in [0.2, 0.25) is 0 Å². The van der Waals surface area contributed by atoms with Gasteiger partial charge in [0.15, 0.2) is 6.61 Å². The molecular formula is C17H26N2O4S. The molecular weight excluding hydrogens is 328 g/mol. The van der Waals surface area contributed by atoms with Crippen LogP contribution in [0.5, 0.6) is 5.75 Å². The van der Waals surface area contributed by atoms with Crippen LogP contribution in [0, 0.1) is 0 Å². The molecule has 1 heterocycles. The van der Waals surface area contributed by atoms with Gasteiger partial charge in [-0.3, -0.25) is 4.79 Å². The molecule has 0 atom stereocenters. The number of nitrogens with zero attached hydrogens (tertiary/aromatic N) is 2. The Bertz CT molecular complexity index is 635. The molecule has 1 aromatic carbocycles. The van der Waals surface area contributed by atoms with Crippen LogP contribution < -0.4 is 4.74 Å². The summed E-state index contributed by atoms with van der Waals surface area (Å²) < 4.78 is 29.7. The average Bonchev–Trinajstić information content (AvgIpc) is 2.82. The standard InChI is InChI=1S/C17H26N2O4S/c1-18(24(2,21)22)13-15-7-9-16(10-8-15)23-14-17(20)19-11-5-3-4-6-12-19/h7-10H,3-6,11-14H2,1-2H3. The quantitative estimate of drug-likeness (QED) is 0.782. The van der Waals surface area contributed by atoms with Gasteiger partial charge in [-0.05, 0) is 30.5 Å². The molecule has 0 aliphatic carbocycles. The van der Waals surface area contributed by atoms with Gasteiger partial charge in [0, 0.05) is 26.7 Å². The number of sulfonamides is 1. The molecule has 0 aromatic heterocycles. The van der Waals surface area contributed by atoms with E-state index in [9.17, 15) is 13.2 Å². The van der Waals surface area contributed by atoms with E-state index in [1.165, 1.54) is 23.4 Å². The summed E-state index contributed by atoms with van der Waals surface area (Å²) in [6.07, 6.45) is 5.68. The molecule has 1 aliphatic heterocycles. The lowest BCUT2D eigenvalue weighted by Gasteiger charge is -2.20. The second-order valence-electron chi connectivity index (χ2n) is 6.25. The first-order valence-electron chi connectivity index (χ1n) is 8.27. The van der Waals surface area contributed by atoms with Crippen molar-refractivity contribution in [1.29, 1.82) is 0 Å². The summed E-state index contributed by atoms with van der Waals surface area (Å²) >= 11 is 0. The first-order chi connectivity index (χ1) is 11.4. The van der Waals surface area contributed by atoms with Gasteiger partial charge in [-0.25, -0.2) is 12.7 Å². The van der Waals surface area contributed by atoms with Crippen LogP contribution in [0.15, 0.2) is 24.3 Å². The van der Waals surface area contributed by atoms with Gasteiger partial charge in [0.25, 0.3) is 5.91 Å². The predicted molar refractivity (Wildman–Crippen MR) is 93.3 cm³/mol. The lowest BCUT2D eigenvalue weighted by molar-refractivity contribution is -0.133. The zero-order chi connectivity index (χ0) is 17.6. The first-order valence-corrected chi connectivity index (χ1v) is 10.1. The van der Waals surface area contributed by atoms with Crippen molar-refractivity contribution in [1.82, 2.24) is 9.21 Å². The second-order valence-corrected chi connectivity index (χ2v) is 8.34. The fraction of sp³-hybridized carbons (Fsp3) is 0.588. The summed E-state index contributed by atoms with van der Waals surface area (Å²) in [6.45, 7) is 1.99. The maximum atomic E-state index is 12.2. The molecule has 134 valence electrons. The van der Waals surface area contributed by atoms with Gasteiger partial charge >= 0.3 is 0 Å². The Kier molecular flexibility index (Phi) is 6.62. The van der Waals surface area contributed by atoms with Gasteiger partial charge in [-0.15, -0.1) is 0 Å². The molecule has 1 saturated heterocycles. The molecule has 1 amide bonds. The highest BCUT2D eigenvalue weighted by Crippen LogP contribution is 2.15. The molecule has 7 heteroatoms. The number of ether oxygens (including phenoxy) is 1. The van der Waals surface area contributed by atoms with Crippen LogP contribution in [-0.2, 0) is 21.4 Å². The normalized spacial score (nSPS) is 16.0. The van der Waals surface area contributed by atoms with E-state index < -0.39 is 10.0 Å². The molecule has 2 rings (SSSR count). The summed E-state index contributed by atoms with van der Waals surface area (Å²) in [4.78, 5) is 14.1. The number of hydrogen-bond acceptors (Lipinski definition) is 4. The van der Waals surface area contributed by atoms with Crippen molar-refractivity contribution in [3.63, 3.8) is 0 Å². The Morgan fingerprint density at radius 1 is 1.12 bits per heavy atom. The molecule has 0 bridgehead atoms. The van der Waals surface area contributed by atoms with Gasteiger partial charge in [0.05, 0.1) is 6.26 Å². The maximum Gasteiger partial charge on any atom is 0.260 e. The van der Waals surface area contributed by atoms with Gasteiger partial charge < -0.3 is 9.64 Å². The predicted octanol–water partition coefficient (Wildman–Crippen LogP) is 1.86. The lowest BCUT2D eigenvalue weighted by atomic mass is 10.2. The minimum absolute atomic E-state index is 0.0257. The average molecular weight is 354 g/mol. The van der Waals surface area contributed by atoms with Crippen molar-refractivity contribution in [2.24, 2.45) is 0 Å². The summed E-state index contributed by atoms with van der Waals surface area (Å²) in [6, 6.07) is 7.16. The third-order valence-electron chi connectivity index (χ3n) is 4.22. The molecule has 1 fully saturated rings. The van der Waals surface area contributed by atoms with Crippen LogP contribution in [0.3, 0.4) is 0 Å². The zero-order valence-corrected chi connectivity index (χ0v) is 15.2. The van der Waals surface area contributed by atoms with Crippen LogP contribution in [0.1, 0.15) is 31.2 Å². The Hall–Kier alpha value is -1.60. The van der Waals surface area contributed by atoms with E-state index in [2.05, 4.69) is 0 Å². The van der Waals surface area contributed by atoms with Crippen molar-refractivity contribution in [2.75, 3.05) is 33.0 Å². The van der Waals surface area contributed by atoms with Crippen molar-refractivity contribution >= 4 is 15.9 Å². The summed E-state index contributed by atoms with van der Waals surface area (Å²) in [7, 11) is -1.65. The van der Waals surface area contributed by atoms with E-state index in [0.717, 1.165) is 31.5 Å². The number of amides is 1. The Morgan fingerprint density at radius 2 is 1.71 bits per heavy atom. The molecule has 0 unspecified atom stereocenters. The van der Waals surface area contributed by atoms with Gasteiger partial charge in [-0.1, -0.05) is 25.0 Å². The van der Waals surface area contributed by atoms with E-state index in [1.54, 1.807) is 19.2 Å². The minimum Gasteiger partial charge on any atom is -0.484 e. The van der Waals surface area contributed by atoms with E-state index in [0.29, 0.717) is 12.3 Å². The number of likely N-dealkylation sites (tertiary alicyclic amines) is 1. The number of benzene rings is 1. The molecule has 24 heavy (non-hydrogen) atoms. The van der Waals surface area contributed by atoms with Crippen molar-refractivity contribution in [3.05, 3.63) is 29.8 Å². The fourth-order valence-corrected chi connectivity index (χ4v) is 3.01. The third-order valence-corrected chi connectivity index (χ3v) is 5.48. The van der Waals surface area contributed by atoms with Crippen molar-refractivity contribution < 1.29 is 17.9 Å². The van der Waals surface area contributed by atoms with Crippen molar-refractivity contribution in [3.8, 4) is 5.75 Å². The van der Waals surface area contributed by atoms with Crippen LogP contribution in [-0.4, -0.2) is 56.5 Å². The summed E-state index contributed by atoms with van der Waals surface area (Å²) in [5.41, 5.74) is 0.870. The smallest absolute Gasteiger partial charge is 0.260 e. The summed E-state index contributed by atoms with van der Waals surface area (Å²) in [5, 5.41) is 0. The highest BCUT2D eigenvalue weighted by atomic mass is 32.2. The minimum atomic E-state index is -3.20. The Labute approximate surface area is 144 Å². The maximum absolute atomic E-state index is 12.2. The highest BCUT2D eigenvalue weighted by Gasteiger charge is 2.16. The fourth-order valence-electron chi connectivity index (χ4n) is 2.62. The number of rotatable bonds is 6. The largest absolute Gasteiger partial charge is 0.484 e. The van der Waals surface area contributed by atoms with E-state index >= 15 is 0 Å². The monoisotopic (exact) mass is 354 g/mol. The first kappa shape index (κ1) is 18.7. The Balaban J connectivity index is 1.84. The van der Waals surface area contributed by atoms with E-state index in [4.69, 9.17) is 4.74 Å². The Morgan fingerprint density at radius 3 is 2.25 bits per heavy atom. The van der Waals surface area contributed by atoms with Crippen LogP contribution >= 0.6 is 0 Å². The van der Waals surface area contributed by atoms with Crippen molar-refractivity contribution in [2.45, 2.75) is 32.2 Å². The van der Waals surface area contributed by atoms with Crippen LogP contribution in [0.4, 0.5) is 0 Å². The molecule has 1 aromatic rings. The highest BCUT2D eigenvalue weighted by molar-refractivity contribution is 7.88. The molecule has 0 spiro atoms.